The van der Waals surface area contributed by atoms with Crippen molar-refractivity contribution in [2.45, 2.75) is 20.4 Å². The molecule has 4 rings (SSSR count). The number of ether oxygens (including phenoxy) is 1. The zero-order chi connectivity index (χ0) is 26.1. The van der Waals surface area contributed by atoms with E-state index in [1.165, 1.54) is 39.9 Å². The first kappa shape index (κ1) is 25.5. The Morgan fingerprint density at radius 1 is 0.917 bits per heavy atom. The molecular formula is C26H20ClF5N2O2. The number of aromatic nitrogens is 1. The van der Waals surface area contributed by atoms with Crippen molar-refractivity contribution in [3.63, 3.8) is 0 Å². The minimum atomic E-state index is -1.89. The highest BCUT2D eigenvalue weighted by atomic mass is 35.5. The van der Waals surface area contributed by atoms with E-state index in [9.17, 15) is 26.7 Å². The normalized spacial score (nSPS) is 11.2. The zero-order valence-electron chi connectivity index (χ0n) is 19.2. The summed E-state index contributed by atoms with van der Waals surface area (Å²) in [7, 11) is 0. The van der Waals surface area contributed by atoms with Crippen LogP contribution in [0.1, 0.15) is 19.4 Å². The highest BCUT2D eigenvalue weighted by Crippen LogP contribution is 2.39. The Morgan fingerprint density at radius 3 is 2.31 bits per heavy atom. The molecule has 36 heavy (non-hydrogen) atoms. The Balaban J connectivity index is 1.86. The average Bonchev–Trinajstić information content (AvgIpc) is 3.26. The second-order valence-electron chi connectivity index (χ2n) is 7.94. The number of carbonyl (C=O) groups is 1. The second kappa shape index (κ2) is 10.2. The van der Waals surface area contributed by atoms with E-state index < -0.39 is 40.7 Å². The molecule has 10 heteroatoms. The van der Waals surface area contributed by atoms with E-state index >= 15 is 0 Å². The lowest BCUT2D eigenvalue weighted by Gasteiger charge is -2.20. The van der Waals surface area contributed by atoms with E-state index in [1.807, 2.05) is 0 Å². The number of halogens is 6. The summed E-state index contributed by atoms with van der Waals surface area (Å²) in [5.74, 6) is -7.25. The molecule has 188 valence electrons. The first-order valence-corrected chi connectivity index (χ1v) is 11.4. The van der Waals surface area contributed by atoms with E-state index in [4.69, 9.17) is 16.3 Å². The van der Waals surface area contributed by atoms with Crippen LogP contribution in [-0.4, -0.2) is 28.6 Å². The molecule has 0 aliphatic heterocycles. The van der Waals surface area contributed by atoms with Gasteiger partial charge in [0.25, 0.3) is 0 Å². The minimum absolute atomic E-state index is 0.149. The summed E-state index contributed by atoms with van der Waals surface area (Å²) in [6.07, 6.45) is 0.945. The number of carbonyl (C=O) groups excluding carboxylic acids is 1. The smallest absolute Gasteiger partial charge is 0.410 e. The molecule has 4 aromatic rings. The molecule has 0 radical (unpaired) electrons. The summed E-state index contributed by atoms with van der Waals surface area (Å²) in [5.41, 5.74) is 0.938. The van der Waals surface area contributed by atoms with E-state index in [2.05, 4.69) is 0 Å². The fraction of sp³-hybridized carbons (Fsp3) is 0.192. The summed E-state index contributed by atoms with van der Waals surface area (Å²) in [5, 5.41) is 0.371. The molecule has 0 saturated heterocycles. The van der Waals surface area contributed by atoms with E-state index in [0.29, 0.717) is 41.2 Å². The van der Waals surface area contributed by atoms with Crippen molar-refractivity contribution in [1.29, 1.82) is 0 Å². The lowest BCUT2D eigenvalue weighted by Crippen LogP contribution is -2.33. The summed E-state index contributed by atoms with van der Waals surface area (Å²) in [6.45, 7) is 4.12. The zero-order valence-corrected chi connectivity index (χ0v) is 20.0. The molecule has 0 unspecified atom stereocenters. The van der Waals surface area contributed by atoms with Crippen LogP contribution in [0, 0.1) is 29.1 Å². The number of hydrogen-bond acceptors (Lipinski definition) is 2. The molecular weight excluding hydrogens is 503 g/mol. The molecule has 1 heterocycles. The molecule has 0 saturated carbocycles. The van der Waals surface area contributed by atoms with Crippen molar-refractivity contribution in [1.82, 2.24) is 9.47 Å². The predicted molar refractivity (Wildman–Crippen MR) is 127 cm³/mol. The van der Waals surface area contributed by atoms with Gasteiger partial charge in [0.1, 0.15) is 11.6 Å². The van der Waals surface area contributed by atoms with Gasteiger partial charge in [0.05, 0.1) is 11.6 Å². The number of amides is 1. The van der Waals surface area contributed by atoms with Crippen LogP contribution in [0.3, 0.4) is 0 Å². The second-order valence-corrected chi connectivity index (χ2v) is 8.35. The maximum Gasteiger partial charge on any atom is 0.415 e. The largest absolute Gasteiger partial charge is 0.415 e. The van der Waals surface area contributed by atoms with Gasteiger partial charge in [0, 0.05) is 41.3 Å². The van der Waals surface area contributed by atoms with Crippen molar-refractivity contribution in [2.75, 3.05) is 13.1 Å². The topological polar surface area (TPSA) is 34.5 Å². The standard InChI is InChI=1S/C26H20ClF5N2O2/c1-3-33(4-2)26(35)36-21-8-7-20-16(22(21)14-5-6-18(28)17(27)11-14)9-10-34(20)13-15-12-19(29)24(31)25(32)23(15)30/h5-12H,3-4,13H2,1-2H3. The summed E-state index contributed by atoms with van der Waals surface area (Å²) in [6, 6.07) is 9.33. The van der Waals surface area contributed by atoms with Crippen molar-refractivity contribution in [3.8, 4) is 16.9 Å². The lowest BCUT2D eigenvalue weighted by molar-refractivity contribution is 0.157. The van der Waals surface area contributed by atoms with E-state index in [0.717, 1.165) is 0 Å². The number of hydrogen-bond donors (Lipinski definition) is 0. The number of fused-ring (bicyclic) bond motifs is 1. The Morgan fingerprint density at radius 2 is 1.64 bits per heavy atom. The van der Waals surface area contributed by atoms with Crippen LogP contribution in [0.5, 0.6) is 5.75 Å². The molecule has 0 spiro atoms. The van der Waals surface area contributed by atoms with Crippen LogP contribution >= 0.6 is 11.6 Å². The predicted octanol–water partition coefficient (Wildman–Crippen LogP) is 7.55. The molecule has 1 aromatic heterocycles. The Bertz CT molecular complexity index is 1470. The third-order valence-corrected chi connectivity index (χ3v) is 6.15. The molecule has 0 fully saturated rings. The fourth-order valence-corrected chi connectivity index (χ4v) is 4.17. The van der Waals surface area contributed by atoms with Gasteiger partial charge in [-0.2, -0.15) is 0 Å². The van der Waals surface area contributed by atoms with Crippen molar-refractivity contribution in [2.24, 2.45) is 0 Å². The van der Waals surface area contributed by atoms with Gasteiger partial charge in [-0.15, -0.1) is 0 Å². The van der Waals surface area contributed by atoms with Gasteiger partial charge in [0.15, 0.2) is 23.3 Å². The maximum absolute atomic E-state index is 14.3. The first-order valence-electron chi connectivity index (χ1n) is 11.0. The molecule has 4 nitrogen and oxygen atoms in total. The molecule has 1 amide bonds. The third-order valence-electron chi connectivity index (χ3n) is 5.86. The molecule has 0 N–H and O–H groups in total. The van der Waals surface area contributed by atoms with Crippen LogP contribution in [0.4, 0.5) is 26.7 Å². The number of rotatable bonds is 6. The Kier molecular flexibility index (Phi) is 7.21. The SMILES string of the molecule is CCN(CC)C(=O)Oc1ccc2c(ccn2Cc2cc(F)c(F)c(F)c2F)c1-c1ccc(F)c(Cl)c1. The Labute approximate surface area is 208 Å². The molecule has 0 bridgehead atoms. The van der Waals surface area contributed by atoms with E-state index in [1.54, 1.807) is 26.0 Å². The van der Waals surface area contributed by atoms with Crippen molar-refractivity contribution in [3.05, 3.63) is 88.3 Å². The molecule has 0 aliphatic rings. The summed E-state index contributed by atoms with van der Waals surface area (Å²) < 4.78 is 76.2. The quantitative estimate of drug-likeness (QED) is 0.149. The first-order chi connectivity index (χ1) is 17.2. The van der Waals surface area contributed by atoms with Crippen LogP contribution < -0.4 is 4.74 Å². The van der Waals surface area contributed by atoms with Gasteiger partial charge in [0.2, 0.25) is 0 Å². The van der Waals surface area contributed by atoms with E-state index in [-0.39, 0.29) is 17.3 Å². The third kappa shape index (κ3) is 4.63. The Hall–Kier alpha value is -3.59. The maximum atomic E-state index is 14.3. The number of benzene rings is 3. The minimum Gasteiger partial charge on any atom is -0.410 e. The summed E-state index contributed by atoms with van der Waals surface area (Å²) >= 11 is 6.00. The molecule has 3 aromatic carbocycles. The lowest BCUT2D eigenvalue weighted by atomic mass is 10.0. The molecule has 0 aliphatic carbocycles. The van der Waals surface area contributed by atoms with Crippen molar-refractivity contribution >= 4 is 28.6 Å². The summed E-state index contributed by atoms with van der Waals surface area (Å²) in [4.78, 5) is 14.1. The highest BCUT2D eigenvalue weighted by molar-refractivity contribution is 6.31. The van der Waals surface area contributed by atoms with Gasteiger partial charge in [-0.05, 0) is 55.8 Å². The molecule has 0 atom stereocenters. The van der Waals surface area contributed by atoms with Crippen LogP contribution in [0.15, 0.2) is 48.7 Å². The van der Waals surface area contributed by atoms with Gasteiger partial charge in [-0.1, -0.05) is 17.7 Å². The number of nitrogens with zero attached hydrogens (tertiary/aromatic N) is 2. The van der Waals surface area contributed by atoms with Gasteiger partial charge in [-0.25, -0.2) is 26.7 Å². The van der Waals surface area contributed by atoms with Crippen LogP contribution in [0.25, 0.3) is 22.0 Å². The van der Waals surface area contributed by atoms with Gasteiger partial charge >= 0.3 is 6.09 Å². The van der Waals surface area contributed by atoms with Gasteiger partial charge < -0.3 is 14.2 Å². The van der Waals surface area contributed by atoms with Crippen molar-refractivity contribution < 1.29 is 31.5 Å². The van der Waals surface area contributed by atoms with Gasteiger partial charge in [-0.3, -0.25) is 0 Å². The van der Waals surface area contributed by atoms with Crippen LogP contribution in [-0.2, 0) is 6.54 Å². The highest BCUT2D eigenvalue weighted by Gasteiger charge is 2.22. The van der Waals surface area contributed by atoms with Crippen LogP contribution in [0.2, 0.25) is 5.02 Å². The monoisotopic (exact) mass is 522 g/mol. The average molecular weight is 523 g/mol. The fourth-order valence-electron chi connectivity index (χ4n) is 3.99.